The van der Waals surface area contributed by atoms with Gasteiger partial charge in [-0.2, -0.15) is 0 Å². The summed E-state index contributed by atoms with van der Waals surface area (Å²) in [5.74, 6) is 0.930. The first-order valence-corrected chi connectivity index (χ1v) is 9.26. The Kier molecular flexibility index (Phi) is 3.48. The topological polar surface area (TPSA) is 87.0 Å². The number of aromatic amines is 1. The Balaban J connectivity index is 1.70. The molecular formula is C20H18N4O2S. The number of H-pyrrole nitrogens is 1. The van der Waals surface area contributed by atoms with Crippen molar-refractivity contribution in [2.24, 2.45) is 0 Å². The Morgan fingerprint density at radius 1 is 1.07 bits per heavy atom. The van der Waals surface area contributed by atoms with E-state index >= 15 is 0 Å². The van der Waals surface area contributed by atoms with E-state index in [1.54, 1.807) is 4.57 Å². The summed E-state index contributed by atoms with van der Waals surface area (Å²) < 4.78 is 1.80. The number of hydrogen-bond acceptors (Lipinski definition) is 5. The van der Waals surface area contributed by atoms with Crippen molar-refractivity contribution in [3.63, 3.8) is 0 Å². The van der Waals surface area contributed by atoms with Gasteiger partial charge in [-0.25, -0.2) is 0 Å². The third kappa shape index (κ3) is 2.66. The first kappa shape index (κ1) is 16.3. The van der Waals surface area contributed by atoms with Crippen LogP contribution in [0.5, 0.6) is 11.5 Å². The van der Waals surface area contributed by atoms with Crippen LogP contribution >= 0.6 is 12.6 Å². The van der Waals surface area contributed by atoms with Gasteiger partial charge in [-0.3, -0.25) is 4.57 Å². The van der Waals surface area contributed by atoms with Crippen molar-refractivity contribution in [3.8, 4) is 28.6 Å². The molecule has 1 saturated carbocycles. The molecule has 136 valence electrons. The number of hydrogen-bond donors (Lipinski definition) is 4. The van der Waals surface area contributed by atoms with Gasteiger partial charge in [0.25, 0.3) is 0 Å². The van der Waals surface area contributed by atoms with Gasteiger partial charge in [0.05, 0.1) is 11.3 Å². The van der Waals surface area contributed by atoms with Crippen LogP contribution in [0.25, 0.3) is 28.0 Å². The van der Waals surface area contributed by atoms with Gasteiger partial charge in [-0.1, -0.05) is 0 Å². The molecule has 1 aliphatic rings. The van der Waals surface area contributed by atoms with Crippen LogP contribution in [0.3, 0.4) is 0 Å². The Bertz CT molecular complexity index is 1190. The largest absolute Gasteiger partial charge is 0.508 e. The molecule has 3 N–H and O–H groups in total. The minimum Gasteiger partial charge on any atom is -0.508 e. The number of nitrogens with one attached hydrogen (secondary N) is 1. The molecule has 2 aromatic heterocycles. The summed E-state index contributed by atoms with van der Waals surface area (Å²) in [4.78, 5) is 3.31. The molecule has 6 nitrogen and oxygen atoms in total. The quantitative estimate of drug-likeness (QED) is 0.400. The van der Waals surface area contributed by atoms with Gasteiger partial charge in [0.15, 0.2) is 11.0 Å². The zero-order chi connectivity index (χ0) is 18.7. The molecule has 0 atom stereocenters. The third-order valence-corrected chi connectivity index (χ3v) is 5.34. The summed E-state index contributed by atoms with van der Waals surface area (Å²) in [6.45, 7) is 2.02. The molecule has 4 aromatic rings. The van der Waals surface area contributed by atoms with Gasteiger partial charge in [0, 0.05) is 22.7 Å². The molecule has 1 aliphatic carbocycles. The maximum Gasteiger partial charge on any atom is 0.193 e. The molecule has 0 saturated heterocycles. The number of nitrogens with zero attached hydrogens (tertiary/aromatic N) is 3. The van der Waals surface area contributed by atoms with Crippen LogP contribution in [0.2, 0.25) is 0 Å². The van der Waals surface area contributed by atoms with Crippen LogP contribution in [0, 0.1) is 6.92 Å². The zero-order valence-electron chi connectivity index (χ0n) is 14.6. The Morgan fingerprint density at radius 2 is 1.89 bits per heavy atom. The van der Waals surface area contributed by atoms with Crippen molar-refractivity contribution in [2.45, 2.75) is 30.8 Å². The number of phenolic OH excluding ortho intramolecular Hbond substituents is 2. The number of thiol groups is 1. The molecule has 0 spiro atoms. The summed E-state index contributed by atoms with van der Waals surface area (Å²) >= 11 is 4.46. The van der Waals surface area contributed by atoms with Gasteiger partial charge in [-0.05, 0) is 61.6 Å². The van der Waals surface area contributed by atoms with E-state index in [1.807, 2.05) is 31.2 Å². The van der Waals surface area contributed by atoms with Crippen molar-refractivity contribution in [1.82, 2.24) is 19.7 Å². The van der Waals surface area contributed by atoms with E-state index in [0.717, 1.165) is 40.7 Å². The van der Waals surface area contributed by atoms with Gasteiger partial charge < -0.3 is 15.2 Å². The average Bonchev–Trinajstić information content (AvgIpc) is 3.29. The summed E-state index contributed by atoms with van der Waals surface area (Å²) in [5, 5.41) is 30.5. The smallest absolute Gasteiger partial charge is 0.193 e. The number of fused-ring (bicyclic) bond motifs is 1. The molecule has 2 heterocycles. The van der Waals surface area contributed by atoms with Crippen LogP contribution in [-0.2, 0) is 0 Å². The van der Waals surface area contributed by atoms with Crippen molar-refractivity contribution >= 4 is 23.5 Å². The van der Waals surface area contributed by atoms with E-state index in [1.165, 1.54) is 6.07 Å². The first-order valence-electron chi connectivity index (χ1n) is 8.81. The van der Waals surface area contributed by atoms with E-state index < -0.39 is 0 Å². The van der Waals surface area contributed by atoms with E-state index in [2.05, 4.69) is 33.9 Å². The maximum atomic E-state index is 10.5. The minimum atomic E-state index is -0.0301. The van der Waals surface area contributed by atoms with E-state index in [0.29, 0.717) is 22.5 Å². The fourth-order valence-corrected chi connectivity index (χ4v) is 3.84. The SMILES string of the molecule is Cc1cc2cc(-n3c(S)nnc3-c3cc(C4CC4)c(O)cc3O)ccc2[nH]1. The minimum absolute atomic E-state index is 0.0301. The lowest BCUT2D eigenvalue weighted by molar-refractivity contribution is 0.447. The molecule has 1 fully saturated rings. The molecule has 2 aromatic carbocycles. The van der Waals surface area contributed by atoms with Gasteiger partial charge >= 0.3 is 0 Å². The molecule has 0 aliphatic heterocycles. The first-order chi connectivity index (χ1) is 13.0. The molecule has 27 heavy (non-hydrogen) atoms. The van der Waals surface area contributed by atoms with Crippen LogP contribution in [-0.4, -0.2) is 30.0 Å². The fourth-order valence-electron chi connectivity index (χ4n) is 3.59. The Labute approximate surface area is 160 Å². The highest BCUT2D eigenvalue weighted by Crippen LogP contribution is 2.47. The highest BCUT2D eigenvalue weighted by molar-refractivity contribution is 7.80. The van der Waals surface area contributed by atoms with Crippen molar-refractivity contribution in [3.05, 3.63) is 47.7 Å². The molecule has 0 amide bonds. The second kappa shape index (κ2) is 5.79. The number of rotatable bonds is 3. The van der Waals surface area contributed by atoms with Crippen LogP contribution < -0.4 is 0 Å². The number of phenols is 2. The standard InChI is InChI=1S/C20H18N4O2S/c1-10-6-12-7-13(4-5-16(12)21-10)24-19(22-23-20(24)27)15-8-14(11-2-3-11)17(25)9-18(15)26/h4-9,11,21,25-26H,2-3H2,1H3,(H,23,27). The lowest BCUT2D eigenvalue weighted by Crippen LogP contribution is -1.99. The van der Waals surface area contributed by atoms with E-state index in [-0.39, 0.29) is 11.5 Å². The summed E-state index contributed by atoms with van der Waals surface area (Å²) in [7, 11) is 0. The van der Waals surface area contributed by atoms with Crippen molar-refractivity contribution < 1.29 is 10.2 Å². The lowest BCUT2D eigenvalue weighted by atomic mass is 10.0. The zero-order valence-corrected chi connectivity index (χ0v) is 15.5. The third-order valence-electron chi connectivity index (χ3n) is 5.05. The summed E-state index contributed by atoms with van der Waals surface area (Å²) in [6.07, 6.45) is 2.09. The van der Waals surface area contributed by atoms with Crippen LogP contribution in [0.1, 0.15) is 30.0 Å². The predicted octanol–water partition coefficient (Wildman–Crippen LogP) is 4.30. The van der Waals surface area contributed by atoms with Crippen molar-refractivity contribution in [1.29, 1.82) is 0 Å². The lowest BCUT2D eigenvalue weighted by Gasteiger charge is -2.12. The molecule has 5 rings (SSSR count). The maximum absolute atomic E-state index is 10.5. The molecule has 0 bridgehead atoms. The van der Waals surface area contributed by atoms with Gasteiger partial charge in [0.1, 0.15) is 11.5 Å². The Morgan fingerprint density at radius 3 is 2.67 bits per heavy atom. The number of aromatic hydroxyl groups is 2. The van der Waals surface area contributed by atoms with E-state index in [9.17, 15) is 10.2 Å². The average molecular weight is 378 g/mol. The monoisotopic (exact) mass is 378 g/mol. The second-order valence-electron chi connectivity index (χ2n) is 7.09. The fraction of sp³-hybridized carbons (Fsp3) is 0.200. The molecular weight excluding hydrogens is 360 g/mol. The molecule has 0 radical (unpaired) electrons. The van der Waals surface area contributed by atoms with Gasteiger partial charge in [-0.15, -0.1) is 22.8 Å². The van der Waals surface area contributed by atoms with Crippen LogP contribution in [0.15, 0.2) is 41.6 Å². The molecule has 7 heteroatoms. The van der Waals surface area contributed by atoms with E-state index in [4.69, 9.17) is 0 Å². The van der Waals surface area contributed by atoms with Crippen LogP contribution in [0.4, 0.5) is 0 Å². The number of aromatic nitrogens is 4. The van der Waals surface area contributed by atoms with Gasteiger partial charge in [0.2, 0.25) is 0 Å². The normalized spacial score (nSPS) is 14.1. The number of aryl methyl sites for hydroxylation is 1. The number of benzene rings is 2. The summed E-state index contributed by atoms with van der Waals surface area (Å²) in [6, 6.07) is 11.3. The highest BCUT2D eigenvalue weighted by Gasteiger charge is 2.28. The second-order valence-corrected chi connectivity index (χ2v) is 7.49. The predicted molar refractivity (Wildman–Crippen MR) is 106 cm³/mol. The Hall–Kier alpha value is -2.93. The van der Waals surface area contributed by atoms with Crippen molar-refractivity contribution in [2.75, 3.05) is 0 Å². The molecule has 0 unspecified atom stereocenters. The highest BCUT2D eigenvalue weighted by atomic mass is 32.1. The summed E-state index contributed by atoms with van der Waals surface area (Å²) in [5.41, 5.74) is 4.37.